The molecule has 0 bridgehead atoms. The molecule has 7 nitrogen and oxygen atoms in total. The first-order valence-corrected chi connectivity index (χ1v) is 12.3. The molecule has 5 rings (SSSR count). The maximum Gasteiger partial charge on any atom is 0.307 e. The van der Waals surface area contributed by atoms with Gasteiger partial charge in [0.2, 0.25) is 5.95 Å². The van der Waals surface area contributed by atoms with Crippen molar-refractivity contribution in [3.63, 3.8) is 0 Å². The molecular weight excluding hydrogens is 448 g/mol. The van der Waals surface area contributed by atoms with Gasteiger partial charge in [-0.05, 0) is 61.8 Å². The summed E-state index contributed by atoms with van der Waals surface area (Å²) in [4.78, 5) is 26.6. The molecule has 0 radical (unpaired) electrons. The second-order valence-electron chi connectivity index (χ2n) is 9.90. The predicted octanol–water partition coefficient (Wildman–Crippen LogP) is 6.70. The van der Waals surface area contributed by atoms with E-state index in [0.717, 1.165) is 50.8 Å². The Morgan fingerprint density at radius 2 is 2.03 bits per heavy atom. The van der Waals surface area contributed by atoms with Gasteiger partial charge in [-0.3, -0.25) is 4.79 Å². The average Bonchev–Trinajstić information content (AvgIpc) is 3.42. The van der Waals surface area contributed by atoms with E-state index in [9.17, 15) is 9.90 Å². The van der Waals surface area contributed by atoms with Crippen LogP contribution in [0.15, 0.2) is 41.1 Å². The van der Waals surface area contributed by atoms with Crippen LogP contribution in [0, 0.1) is 25.2 Å². The van der Waals surface area contributed by atoms with Gasteiger partial charge in [0.1, 0.15) is 5.52 Å². The molecule has 4 aromatic rings. The van der Waals surface area contributed by atoms with Crippen LogP contribution in [0.5, 0.6) is 0 Å². The highest BCUT2D eigenvalue weighted by Crippen LogP contribution is 2.48. The van der Waals surface area contributed by atoms with Gasteiger partial charge in [0.25, 0.3) is 0 Å². The lowest BCUT2D eigenvalue weighted by molar-refractivity contribution is -0.147. The molecule has 2 atom stereocenters. The van der Waals surface area contributed by atoms with Crippen LogP contribution < -0.4 is 5.32 Å². The molecule has 0 aliphatic heterocycles. The number of thiazole rings is 1. The Kier molecular flexibility index (Phi) is 5.64. The van der Waals surface area contributed by atoms with Gasteiger partial charge in [0.15, 0.2) is 5.58 Å². The van der Waals surface area contributed by atoms with Crippen LogP contribution in [0.4, 0.5) is 11.6 Å². The Hall–Kier alpha value is -3.26. The predicted molar refractivity (Wildman–Crippen MR) is 134 cm³/mol. The summed E-state index contributed by atoms with van der Waals surface area (Å²) in [6.07, 6.45) is 5.96. The van der Waals surface area contributed by atoms with E-state index in [1.54, 1.807) is 17.6 Å². The molecule has 1 fully saturated rings. The van der Waals surface area contributed by atoms with Crippen molar-refractivity contribution in [3.05, 3.63) is 53.0 Å². The van der Waals surface area contributed by atoms with Crippen LogP contribution in [0.1, 0.15) is 55.3 Å². The molecule has 1 aliphatic rings. The molecule has 0 spiro atoms. The number of carboxylic acids is 1. The number of anilines is 2. The highest BCUT2D eigenvalue weighted by atomic mass is 32.1. The molecule has 0 amide bonds. The number of hydrogen-bond donors (Lipinski definition) is 2. The van der Waals surface area contributed by atoms with Crippen molar-refractivity contribution in [2.75, 3.05) is 5.32 Å². The van der Waals surface area contributed by atoms with Crippen molar-refractivity contribution in [3.8, 4) is 10.4 Å². The Balaban J connectivity index is 1.38. The summed E-state index contributed by atoms with van der Waals surface area (Å²) in [5.41, 5.74) is 5.15. The molecule has 3 aromatic heterocycles. The SMILES string of the molecule is Cc1cc(Nc2nc(C)c3occc3n2)cc(-c2cnc(C3CCC(C(=O)O)C(C)(C)C3)s2)c1. The zero-order chi connectivity index (χ0) is 24.0. The zero-order valence-electron chi connectivity index (χ0n) is 19.8. The molecular formula is C26H28N4O3S. The van der Waals surface area contributed by atoms with Crippen LogP contribution in [0.3, 0.4) is 0 Å². The normalized spacial score (nSPS) is 19.9. The van der Waals surface area contributed by atoms with Gasteiger partial charge in [-0.25, -0.2) is 15.0 Å². The van der Waals surface area contributed by atoms with Crippen molar-refractivity contribution in [1.82, 2.24) is 15.0 Å². The number of hydrogen-bond acceptors (Lipinski definition) is 7. The van der Waals surface area contributed by atoms with E-state index in [1.807, 2.05) is 19.2 Å². The topological polar surface area (TPSA) is 101 Å². The number of aromatic nitrogens is 3. The Bertz CT molecular complexity index is 1370. The fourth-order valence-electron chi connectivity index (χ4n) is 5.11. The molecule has 1 saturated carbocycles. The van der Waals surface area contributed by atoms with E-state index in [2.05, 4.69) is 54.3 Å². The third-order valence-corrected chi connectivity index (χ3v) is 7.99. The first-order valence-electron chi connectivity index (χ1n) is 11.5. The van der Waals surface area contributed by atoms with Gasteiger partial charge >= 0.3 is 5.97 Å². The lowest BCUT2D eigenvalue weighted by Gasteiger charge is -2.39. The van der Waals surface area contributed by atoms with Crippen LogP contribution in [0.25, 0.3) is 21.5 Å². The van der Waals surface area contributed by atoms with Gasteiger partial charge in [0.05, 0.1) is 27.8 Å². The molecule has 176 valence electrons. The standard InChI is InChI=1S/C26H28N4O3S/c1-14-9-17(11-18(10-14)29-25-28-15(2)22-20(30-25)7-8-33-22)21-13-27-23(34-21)16-5-6-19(24(31)32)26(3,4)12-16/h7-11,13,16,19H,5-6,12H2,1-4H3,(H,31,32)(H,28,29,30). The van der Waals surface area contributed by atoms with Crippen molar-refractivity contribution >= 4 is 40.0 Å². The maximum absolute atomic E-state index is 11.6. The summed E-state index contributed by atoms with van der Waals surface area (Å²) in [6.45, 7) is 8.10. The molecule has 8 heteroatoms. The number of furan rings is 1. The number of carbonyl (C=O) groups is 1. The first-order chi connectivity index (χ1) is 16.2. The number of aliphatic carboxylic acids is 1. The number of nitrogens with one attached hydrogen (secondary N) is 1. The molecule has 2 N–H and O–H groups in total. The highest BCUT2D eigenvalue weighted by Gasteiger charge is 2.42. The smallest absolute Gasteiger partial charge is 0.307 e. The van der Waals surface area contributed by atoms with Crippen molar-refractivity contribution in [2.45, 2.75) is 52.9 Å². The van der Waals surface area contributed by atoms with Crippen LogP contribution >= 0.6 is 11.3 Å². The Morgan fingerprint density at radius 3 is 2.79 bits per heavy atom. The van der Waals surface area contributed by atoms with E-state index < -0.39 is 5.97 Å². The van der Waals surface area contributed by atoms with Gasteiger partial charge in [-0.15, -0.1) is 11.3 Å². The second-order valence-corrected chi connectivity index (χ2v) is 11.0. The van der Waals surface area contributed by atoms with Crippen LogP contribution in [-0.4, -0.2) is 26.0 Å². The average molecular weight is 477 g/mol. The Labute approximate surface area is 202 Å². The molecule has 1 aromatic carbocycles. The minimum Gasteiger partial charge on any atom is -0.481 e. The largest absolute Gasteiger partial charge is 0.481 e. The van der Waals surface area contributed by atoms with E-state index in [0.29, 0.717) is 23.9 Å². The zero-order valence-corrected chi connectivity index (χ0v) is 20.6. The van der Waals surface area contributed by atoms with Gasteiger partial charge in [0, 0.05) is 23.9 Å². The third kappa shape index (κ3) is 4.30. The molecule has 34 heavy (non-hydrogen) atoms. The monoisotopic (exact) mass is 476 g/mol. The summed E-state index contributed by atoms with van der Waals surface area (Å²) in [6, 6.07) is 8.15. The minimum absolute atomic E-state index is 0.241. The summed E-state index contributed by atoms with van der Waals surface area (Å²) in [7, 11) is 0. The lowest BCUT2D eigenvalue weighted by atomic mass is 9.65. The van der Waals surface area contributed by atoms with E-state index in [1.165, 1.54) is 0 Å². The van der Waals surface area contributed by atoms with E-state index in [-0.39, 0.29) is 11.3 Å². The third-order valence-electron chi connectivity index (χ3n) is 6.78. The lowest BCUT2D eigenvalue weighted by Crippen LogP contribution is -2.36. The number of benzene rings is 1. The number of aryl methyl sites for hydroxylation is 2. The molecule has 1 aliphatic carbocycles. The summed E-state index contributed by atoms with van der Waals surface area (Å²) in [5.74, 6) is -0.148. The maximum atomic E-state index is 11.6. The van der Waals surface area contributed by atoms with E-state index >= 15 is 0 Å². The van der Waals surface area contributed by atoms with Crippen LogP contribution in [-0.2, 0) is 4.79 Å². The summed E-state index contributed by atoms with van der Waals surface area (Å²) >= 11 is 1.70. The van der Waals surface area contributed by atoms with Gasteiger partial charge in [-0.2, -0.15) is 0 Å². The minimum atomic E-state index is -0.686. The van der Waals surface area contributed by atoms with Gasteiger partial charge in [-0.1, -0.05) is 19.9 Å². The highest BCUT2D eigenvalue weighted by molar-refractivity contribution is 7.15. The van der Waals surface area contributed by atoms with Crippen molar-refractivity contribution in [1.29, 1.82) is 0 Å². The van der Waals surface area contributed by atoms with Gasteiger partial charge < -0.3 is 14.8 Å². The molecule has 0 saturated heterocycles. The van der Waals surface area contributed by atoms with Crippen LogP contribution in [0.2, 0.25) is 0 Å². The summed E-state index contributed by atoms with van der Waals surface area (Å²) in [5, 5.41) is 14.0. The van der Waals surface area contributed by atoms with Crippen molar-refractivity contribution < 1.29 is 14.3 Å². The fourth-order valence-corrected chi connectivity index (χ4v) is 6.15. The first kappa shape index (κ1) is 22.5. The van der Waals surface area contributed by atoms with Crippen molar-refractivity contribution in [2.24, 2.45) is 11.3 Å². The molecule has 2 unspecified atom stereocenters. The number of rotatable bonds is 5. The quantitative estimate of drug-likeness (QED) is 0.330. The molecule has 3 heterocycles. The summed E-state index contributed by atoms with van der Waals surface area (Å²) < 4.78 is 5.45. The number of fused-ring (bicyclic) bond motifs is 1. The fraction of sp³-hybridized carbons (Fsp3) is 0.385. The second kappa shape index (κ2) is 8.51. The number of carboxylic acid groups (broad SMARTS) is 1. The Morgan fingerprint density at radius 1 is 1.21 bits per heavy atom. The number of nitrogens with zero attached hydrogens (tertiary/aromatic N) is 3. The van der Waals surface area contributed by atoms with E-state index in [4.69, 9.17) is 9.40 Å².